The molecule has 0 radical (unpaired) electrons. The highest BCUT2D eigenvalue weighted by atomic mass is 16.6. The number of benzene rings is 1. The molecule has 0 bridgehead atoms. The van der Waals surface area contributed by atoms with Gasteiger partial charge in [0.1, 0.15) is 11.9 Å². The van der Waals surface area contributed by atoms with Crippen molar-refractivity contribution < 1.29 is 9.57 Å². The average Bonchev–Trinajstić information content (AvgIpc) is 2.72. The molecular weight excluding hydrogens is 202 g/mol. The molecule has 3 heteroatoms. The molecule has 1 aromatic rings. The van der Waals surface area contributed by atoms with E-state index in [0.29, 0.717) is 0 Å². The Kier molecular flexibility index (Phi) is 3.81. The van der Waals surface area contributed by atoms with Crippen molar-refractivity contribution in [3.05, 3.63) is 30.3 Å². The zero-order chi connectivity index (χ0) is 11.2. The minimum Gasteiger partial charge on any atom is -0.494 e. The highest BCUT2D eigenvalue weighted by Gasteiger charge is 2.17. The maximum atomic E-state index is 5.60. The van der Waals surface area contributed by atoms with Crippen LogP contribution in [-0.4, -0.2) is 18.4 Å². The Hall–Kier alpha value is -1.51. The van der Waals surface area contributed by atoms with Gasteiger partial charge in [-0.1, -0.05) is 23.4 Å². The Bertz CT molecular complexity index is 348. The third-order valence-electron chi connectivity index (χ3n) is 2.56. The van der Waals surface area contributed by atoms with Gasteiger partial charge in [-0.2, -0.15) is 0 Å². The van der Waals surface area contributed by atoms with E-state index < -0.39 is 0 Å². The first-order valence-electron chi connectivity index (χ1n) is 5.72. The minimum atomic E-state index is 0.263. The van der Waals surface area contributed by atoms with Crippen LogP contribution in [0, 0.1) is 0 Å². The van der Waals surface area contributed by atoms with E-state index in [-0.39, 0.29) is 6.10 Å². The molecule has 1 unspecified atom stereocenters. The SMILES string of the molecule is CC1=NOC(CCCOc2ccccc2)C1. The lowest BCUT2D eigenvalue weighted by Crippen LogP contribution is -2.09. The molecule has 1 aromatic carbocycles. The number of oxime groups is 1. The first-order valence-corrected chi connectivity index (χ1v) is 5.72. The number of rotatable bonds is 5. The Morgan fingerprint density at radius 2 is 2.19 bits per heavy atom. The zero-order valence-electron chi connectivity index (χ0n) is 9.56. The molecule has 0 saturated heterocycles. The second-order valence-electron chi connectivity index (χ2n) is 4.06. The van der Waals surface area contributed by atoms with Crippen LogP contribution >= 0.6 is 0 Å². The van der Waals surface area contributed by atoms with Crippen molar-refractivity contribution in [1.82, 2.24) is 0 Å². The molecule has 0 N–H and O–H groups in total. The molecule has 3 nitrogen and oxygen atoms in total. The highest BCUT2D eigenvalue weighted by Crippen LogP contribution is 2.16. The summed E-state index contributed by atoms with van der Waals surface area (Å²) in [6.07, 6.45) is 3.24. The summed E-state index contributed by atoms with van der Waals surface area (Å²) in [6, 6.07) is 9.89. The van der Waals surface area contributed by atoms with Crippen LogP contribution in [-0.2, 0) is 4.84 Å². The van der Waals surface area contributed by atoms with E-state index in [1.54, 1.807) is 0 Å². The maximum absolute atomic E-state index is 5.60. The van der Waals surface area contributed by atoms with Crippen LogP contribution in [0.2, 0.25) is 0 Å². The van der Waals surface area contributed by atoms with E-state index in [1.165, 1.54) is 0 Å². The molecule has 1 heterocycles. The fourth-order valence-electron chi connectivity index (χ4n) is 1.74. The van der Waals surface area contributed by atoms with Crippen molar-refractivity contribution in [1.29, 1.82) is 0 Å². The van der Waals surface area contributed by atoms with Gasteiger partial charge in [0.15, 0.2) is 0 Å². The molecule has 0 aliphatic carbocycles. The lowest BCUT2D eigenvalue weighted by Gasteiger charge is -2.09. The van der Waals surface area contributed by atoms with E-state index in [2.05, 4.69) is 5.16 Å². The number of nitrogens with zero attached hydrogens (tertiary/aromatic N) is 1. The molecule has 86 valence electrons. The summed E-state index contributed by atoms with van der Waals surface area (Å²) < 4.78 is 5.60. The van der Waals surface area contributed by atoms with E-state index >= 15 is 0 Å². The van der Waals surface area contributed by atoms with Gasteiger partial charge in [0.05, 0.1) is 12.3 Å². The molecule has 1 aliphatic heterocycles. The molecule has 2 rings (SSSR count). The van der Waals surface area contributed by atoms with Crippen molar-refractivity contribution >= 4 is 5.71 Å². The summed E-state index contributed by atoms with van der Waals surface area (Å²) in [7, 11) is 0. The van der Waals surface area contributed by atoms with Crippen molar-refractivity contribution in [3.63, 3.8) is 0 Å². The first-order chi connectivity index (χ1) is 7.84. The lowest BCUT2D eigenvalue weighted by atomic mass is 10.1. The Morgan fingerprint density at radius 1 is 1.38 bits per heavy atom. The predicted molar refractivity (Wildman–Crippen MR) is 63.8 cm³/mol. The fourth-order valence-corrected chi connectivity index (χ4v) is 1.74. The third kappa shape index (κ3) is 3.26. The van der Waals surface area contributed by atoms with E-state index in [0.717, 1.165) is 37.3 Å². The van der Waals surface area contributed by atoms with Crippen LogP contribution < -0.4 is 4.74 Å². The molecule has 0 saturated carbocycles. The summed E-state index contributed by atoms with van der Waals surface area (Å²) in [5, 5.41) is 3.93. The standard InChI is InChI=1S/C13H17NO2/c1-11-10-13(16-14-11)8-5-9-15-12-6-3-2-4-7-12/h2-4,6-7,13H,5,8-10H2,1H3. The summed E-state index contributed by atoms with van der Waals surface area (Å²) in [4.78, 5) is 5.25. The molecular formula is C13H17NO2. The van der Waals surface area contributed by atoms with Crippen LogP contribution in [0.4, 0.5) is 0 Å². The molecule has 16 heavy (non-hydrogen) atoms. The van der Waals surface area contributed by atoms with Gasteiger partial charge in [0.25, 0.3) is 0 Å². The van der Waals surface area contributed by atoms with Gasteiger partial charge < -0.3 is 9.57 Å². The van der Waals surface area contributed by atoms with E-state index in [1.807, 2.05) is 37.3 Å². The van der Waals surface area contributed by atoms with Gasteiger partial charge in [0, 0.05) is 6.42 Å². The molecule has 1 aliphatic rings. The third-order valence-corrected chi connectivity index (χ3v) is 2.56. The van der Waals surface area contributed by atoms with Gasteiger partial charge in [-0.3, -0.25) is 0 Å². The van der Waals surface area contributed by atoms with E-state index in [4.69, 9.17) is 9.57 Å². The van der Waals surface area contributed by atoms with Crippen LogP contribution in [0.3, 0.4) is 0 Å². The van der Waals surface area contributed by atoms with Gasteiger partial charge >= 0.3 is 0 Å². The van der Waals surface area contributed by atoms with Crippen molar-refractivity contribution in [2.24, 2.45) is 5.16 Å². The van der Waals surface area contributed by atoms with Crippen LogP contribution in [0.1, 0.15) is 26.2 Å². The van der Waals surface area contributed by atoms with Crippen LogP contribution in [0.25, 0.3) is 0 Å². The minimum absolute atomic E-state index is 0.263. The predicted octanol–water partition coefficient (Wildman–Crippen LogP) is 3.01. The average molecular weight is 219 g/mol. The van der Waals surface area contributed by atoms with Gasteiger partial charge in [-0.25, -0.2) is 0 Å². The Balaban J connectivity index is 1.59. The Labute approximate surface area is 96.1 Å². The van der Waals surface area contributed by atoms with Crippen molar-refractivity contribution in [2.75, 3.05) is 6.61 Å². The first kappa shape index (κ1) is 11.0. The lowest BCUT2D eigenvalue weighted by molar-refractivity contribution is 0.0741. The maximum Gasteiger partial charge on any atom is 0.133 e. The normalized spacial score (nSPS) is 19.1. The smallest absolute Gasteiger partial charge is 0.133 e. The van der Waals surface area contributed by atoms with Gasteiger partial charge in [-0.05, 0) is 31.9 Å². The largest absolute Gasteiger partial charge is 0.494 e. The topological polar surface area (TPSA) is 30.8 Å². The quantitative estimate of drug-likeness (QED) is 0.713. The molecule has 0 spiro atoms. The number of ether oxygens (including phenoxy) is 1. The van der Waals surface area contributed by atoms with Gasteiger partial charge in [-0.15, -0.1) is 0 Å². The molecule has 1 atom stereocenters. The number of hydrogen-bond donors (Lipinski definition) is 0. The summed E-state index contributed by atoms with van der Waals surface area (Å²) in [5.74, 6) is 0.933. The summed E-state index contributed by atoms with van der Waals surface area (Å²) in [5.41, 5.74) is 1.09. The van der Waals surface area contributed by atoms with Crippen molar-refractivity contribution in [2.45, 2.75) is 32.3 Å². The highest BCUT2D eigenvalue weighted by molar-refractivity contribution is 5.82. The number of hydrogen-bond acceptors (Lipinski definition) is 3. The van der Waals surface area contributed by atoms with E-state index in [9.17, 15) is 0 Å². The molecule has 0 amide bonds. The summed E-state index contributed by atoms with van der Waals surface area (Å²) >= 11 is 0. The number of para-hydroxylation sites is 1. The summed E-state index contributed by atoms with van der Waals surface area (Å²) in [6.45, 7) is 2.74. The Morgan fingerprint density at radius 3 is 2.88 bits per heavy atom. The zero-order valence-corrected chi connectivity index (χ0v) is 9.56. The van der Waals surface area contributed by atoms with Crippen LogP contribution in [0.5, 0.6) is 5.75 Å². The van der Waals surface area contributed by atoms with Crippen molar-refractivity contribution in [3.8, 4) is 5.75 Å². The second-order valence-corrected chi connectivity index (χ2v) is 4.06. The van der Waals surface area contributed by atoms with Gasteiger partial charge in [0.2, 0.25) is 0 Å². The second kappa shape index (κ2) is 5.54. The monoisotopic (exact) mass is 219 g/mol. The molecule has 0 aromatic heterocycles. The fraction of sp³-hybridized carbons (Fsp3) is 0.462. The molecule has 0 fully saturated rings. The van der Waals surface area contributed by atoms with Crippen LogP contribution in [0.15, 0.2) is 35.5 Å².